The maximum absolute atomic E-state index is 12.3. The molecular weight excluding hydrogens is 393 g/mol. The molecule has 0 aromatic carbocycles. The quantitative estimate of drug-likeness (QED) is 0.303. The largest absolute Gasteiger partial charge is 0.394 e. The molecule has 0 aliphatic carbocycles. The number of carbonyl (C=O) groups excluding carboxylic acids is 1. The summed E-state index contributed by atoms with van der Waals surface area (Å²) < 4.78 is 34.3. The van der Waals surface area contributed by atoms with E-state index in [1.54, 1.807) is 0 Å². The van der Waals surface area contributed by atoms with Gasteiger partial charge in [-0.25, -0.2) is 0 Å². The van der Waals surface area contributed by atoms with E-state index >= 15 is 0 Å². The fourth-order valence-corrected chi connectivity index (χ4v) is 3.39. The summed E-state index contributed by atoms with van der Waals surface area (Å²) >= 11 is 0. The van der Waals surface area contributed by atoms with Gasteiger partial charge in [0.25, 0.3) is 0 Å². The summed E-state index contributed by atoms with van der Waals surface area (Å²) in [6.45, 7) is 9.69. The third-order valence-electron chi connectivity index (χ3n) is 4.05. The average molecular weight is 427 g/mol. The zero-order valence-corrected chi connectivity index (χ0v) is 18.2. The summed E-state index contributed by atoms with van der Waals surface area (Å²) in [5.74, 6) is -0.454. The topological polar surface area (TPSA) is 144 Å². The Morgan fingerprint density at radius 1 is 1.29 bits per heavy atom. The Labute approximate surface area is 166 Å². The van der Waals surface area contributed by atoms with Gasteiger partial charge < -0.3 is 34.6 Å². The smallest absolute Gasteiger partial charge is 0.331 e. The molecule has 1 heterocycles. The second-order valence-electron chi connectivity index (χ2n) is 8.00. The van der Waals surface area contributed by atoms with Crippen LogP contribution < -0.4 is 5.32 Å². The van der Waals surface area contributed by atoms with Crippen LogP contribution in [0.4, 0.5) is 0 Å². The van der Waals surface area contributed by atoms with Gasteiger partial charge in [-0.15, -0.1) is 0 Å². The van der Waals surface area contributed by atoms with Crippen LogP contribution in [0.25, 0.3) is 0 Å². The molecule has 0 saturated carbocycles. The molecule has 1 rings (SSSR count). The normalized spacial score (nSPS) is 30.9. The van der Waals surface area contributed by atoms with Crippen molar-refractivity contribution in [2.24, 2.45) is 0 Å². The van der Waals surface area contributed by atoms with Crippen LogP contribution in [0.5, 0.6) is 0 Å². The molecule has 6 atom stereocenters. The molecule has 6 unspecified atom stereocenters. The lowest BCUT2D eigenvalue weighted by Crippen LogP contribution is -2.65. The second-order valence-corrected chi connectivity index (χ2v) is 10.4. The molecule has 0 bridgehead atoms. The highest BCUT2D eigenvalue weighted by atomic mass is 31.2. The molecule has 0 aromatic rings. The molecule has 1 aliphatic heterocycles. The van der Waals surface area contributed by atoms with Gasteiger partial charge in [-0.1, -0.05) is 13.8 Å². The van der Waals surface area contributed by atoms with Crippen molar-refractivity contribution in [3.63, 3.8) is 0 Å². The van der Waals surface area contributed by atoms with Crippen molar-refractivity contribution < 1.29 is 43.2 Å². The van der Waals surface area contributed by atoms with Gasteiger partial charge in [0, 0.05) is 6.92 Å². The summed E-state index contributed by atoms with van der Waals surface area (Å²) in [4.78, 5) is 21.6. The molecule has 0 spiro atoms. The van der Waals surface area contributed by atoms with Crippen LogP contribution in [0.2, 0.25) is 0 Å². The molecule has 0 radical (unpaired) electrons. The first kappa shape index (κ1) is 25.5. The first-order chi connectivity index (χ1) is 12.8. The van der Waals surface area contributed by atoms with E-state index in [4.69, 9.17) is 18.7 Å². The van der Waals surface area contributed by atoms with Gasteiger partial charge in [0.1, 0.15) is 24.4 Å². The van der Waals surface area contributed by atoms with Crippen LogP contribution in [0.3, 0.4) is 0 Å². The van der Waals surface area contributed by atoms with E-state index in [1.807, 2.05) is 20.8 Å². The summed E-state index contributed by atoms with van der Waals surface area (Å²) in [6, 6.07) is -1.06. The first-order valence-electron chi connectivity index (χ1n) is 9.26. The van der Waals surface area contributed by atoms with E-state index in [2.05, 4.69) is 5.32 Å². The molecule has 28 heavy (non-hydrogen) atoms. The molecule has 1 fully saturated rings. The van der Waals surface area contributed by atoms with Crippen LogP contribution in [-0.4, -0.2) is 82.7 Å². The minimum absolute atomic E-state index is 0.110. The summed E-state index contributed by atoms with van der Waals surface area (Å²) in [7, 11) is -4.07. The van der Waals surface area contributed by atoms with Gasteiger partial charge in [0.05, 0.1) is 31.1 Å². The highest BCUT2D eigenvalue weighted by Gasteiger charge is 2.49. The Hall–Kier alpha value is -0.580. The Balaban J connectivity index is 2.92. The SMILES string of the molecule is CC(=O)NC1C(OCCOC(C)(C)C)OC(CO)C(OP(=O)(O)C(C)C)C1O. The molecule has 1 amide bonds. The van der Waals surface area contributed by atoms with Gasteiger partial charge in [0.2, 0.25) is 5.91 Å². The van der Waals surface area contributed by atoms with Gasteiger partial charge in [-0.3, -0.25) is 13.9 Å². The fraction of sp³-hybridized carbons (Fsp3) is 0.941. The van der Waals surface area contributed by atoms with Crippen LogP contribution in [0.15, 0.2) is 0 Å². The van der Waals surface area contributed by atoms with E-state index in [1.165, 1.54) is 20.8 Å². The van der Waals surface area contributed by atoms with Crippen LogP contribution in [-0.2, 0) is 28.1 Å². The number of ether oxygens (including phenoxy) is 3. The molecule has 10 nitrogen and oxygen atoms in total. The number of carbonyl (C=O) groups is 1. The number of nitrogens with one attached hydrogen (secondary N) is 1. The standard InChI is InChI=1S/C17H34NO9P/c1-10(2)28(22,23)27-15-12(9-19)26-16(13(14(15)21)18-11(3)20)24-7-8-25-17(4,5)6/h10,12-16,19,21H,7-9H2,1-6H3,(H,18,20)(H,22,23). The van der Waals surface area contributed by atoms with Crippen molar-refractivity contribution in [1.82, 2.24) is 5.32 Å². The Morgan fingerprint density at radius 3 is 2.36 bits per heavy atom. The Bertz CT molecular complexity index is 551. The molecule has 11 heteroatoms. The molecule has 4 N–H and O–H groups in total. The van der Waals surface area contributed by atoms with Gasteiger partial charge >= 0.3 is 7.60 Å². The zero-order valence-electron chi connectivity index (χ0n) is 17.3. The highest BCUT2D eigenvalue weighted by Crippen LogP contribution is 2.50. The lowest BCUT2D eigenvalue weighted by molar-refractivity contribution is -0.269. The number of aliphatic hydroxyl groups is 2. The predicted molar refractivity (Wildman–Crippen MR) is 101 cm³/mol. The number of hydrogen-bond acceptors (Lipinski definition) is 8. The molecule has 166 valence electrons. The van der Waals surface area contributed by atoms with Crippen LogP contribution in [0, 0.1) is 0 Å². The minimum atomic E-state index is -4.07. The predicted octanol–water partition coefficient (Wildman–Crippen LogP) is 0.380. The fourth-order valence-electron chi connectivity index (χ4n) is 2.54. The minimum Gasteiger partial charge on any atom is -0.394 e. The van der Waals surface area contributed by atoms with Crippen LogP contribution >= 0.6 is 7.60 Å². The summed E-state index contributed by atoms with van der Waals surface area (Å²) in [5, 5.41) is 22.8. The van der Waals surface area contributed by atoms with E-state index in [-0.39, 0.29) is 18.8 Å². The van der Waals surface area contributed by atoms with Crippen molar-refractivity contribution in [3.05, 3.63) is 0 Å². The van der Waals surface area contributed by atoms with Gasteiger partial charge in [-0.2, -0.15) is 0 Å². The highest BCUT2D eigenvalue weighted by molar-refractivity contribution is 7.53. The van der Waals surface area contributed by atoms with E-state index in [0.29, 0.717) is 0 Å². The molecule has 0 aromatic heterocycles. The summed E-state index contributed by atoms with van der Waals surface area (Å²) in [5.41, 5.74) is -1.08. The second kappa shape index (κ2) is 10.4. The number of hydrogen-bond donors (Lipinski definition) is 4. The van der Waals surface area contributed by atoms with Crippen LogP contribution in [0.1, 0.15) is 41.5 Å². The molecule has 1 aliphatic rings. The van der Waals surface area contributed by atoms with E-state index < -0.39 is 56.4 Å². The monoisotopic (exact) mass is 427 g/mol. The number of aliphatic hydroxyl groups excluding tert-OH is 2. The Kier molecular flexibility index (Phi) is 9.50. The summed E-state index contributed by atoms with van der Waals surface area (Å²) in [6.07, 6.45) is -4.99. The Morgan fingerprint density at radius 2 is 1.89 bits per heavy atom. The van der Waals surface area contributed by atoms with Crippen molar-refractivity contribution in [1.29, 1.82) is 0 Å². The van der Waals surface area contributed by atoms with Crippen molar-refractivity contribution in [2.75, 3.05) is 19.8 Å². The van der Waals surface area contributed by atoms with E-state index in [0.717, 1.165) is 0 Å². The number of amides is 1. The van der Waals surface area contributed by atoms with Crippen molar-refractivity contribution in [2.45, 2.75) is 83.4 Å². The van der Waals surface area contributed by atoms with Gasteiger partial charge in [-0.05, 0) is 20.8 Å². The maximum Gasteiger partial charge on any atom is 0.331 e. The molecular formula is C17H34NO9P. The third-order valence-corrected chi connectivity index (χ3v) is 5.90. The van der Waals surface area contributed by atoms with Gasteiger partial charge in [0.15, 0.2) is 6.29 Å². The lowest BCUT2D eigenvalue weighted by Gasteiger charge is -2.44. The number of rotatable bonds is 9. The molecule has 1 saturated heterocycles. The third kappa shape index (κ3) is 7.68. The zero-order chi connectivity index (χ0) is 21.7. The van der Waals surface area contributed by atoms with E-state index in [9.17, 15) is 24.5 Å². The van der Waals surface area contributed by atoms with Crippen molar-refractivity contribution >= 4 is 13.5 Å². The van der Waals surface area contributed by atoms with Crippen molar-refractivity contribution in [3.8, 4) is 0 Å². The lowest BCUT2D eigenvalue weighted by atomic mass is 9.97. The maximum atomic E-state index is 12.3. The first-order valence-corrected chi connectivity index (χ1v) is 10.9. The average Bonchev–Trinajstić information content (AvgIpc) is 2.55.